The summed E-state index contributed by atoms with van der Waals surface area (Å²) in [4.78, 5) is 16.2. The second kappa shape index (κ2) is 6.92. The van der Waals surface area contributed by atoms with E-state index in [0.29, 0.717) is 28.1 Å². The van der Waals surface area contributed by atoms with Crippen LogP contribution in [0.25, 0.3) is 11.1 Å². The van der Waals surface area contributed by atoms with Crippen molar-refractivity contribution in [3.05, 3.63) is 52.3 Å². The molecule has 5 heteroatoms. The lowest BCUT2D eigenvalue weighted by Crippen LogP contribution is -2.27. The number of pyridine rings is 1. The van der Waals surface area contributed by atoms with Gasteiger partial charge in [0.25, 0.3) is 5.91 Å². The van der Waals surface area contributed by atoms with Gasteiger partial charge in [0.05, 0.1) is 15.6 Å². The lowest BCUT2D eigenvalue weighted by atomic mass is 10.1. The first-order valence-electron chi connectivity index (χ1n) is 6.66. The summed E-state index contributed by atoms with van der Waals surface area (Å²) in [5.41, 5.74) is 2.03. The van der Waals surface area contributed by atoms with Gasteiger partial charge in [0, 0.05) is 30.1 Å². The van der Waals surface area contributed by atoms with E-state index in [4.69, 9.17) is 23.2 Å². The smallest absolute Gasteiger partial charge is 0.252 e. The SMILES string of the molecule is CC(C)CNC(=O)c1cncc(-c2cccc(Cl)c2Cl)c1. The molecule has 0 aliphatic carbocycles. The maximum atomic E-state index is 12.1. The first-order chi connectivity index (χ1) is 9.99. The Kier molecular flexibility index (Phi) is 5.21. The second-order valence-corrected chi connectivity index (χ2v) is 5.95. The summed E-state index contributed by atoms with van der Waals surface area (Å²) in [6.07, 6.45) is 3.20. The van der Waals surface area contributed by atoms with Gasteiger partial charge in [-0.05, 0) is 18.1 Å². The first kappa shape index (κ1) is 15.8. The van der Waals surface area contributed by atoms with Gasteiger partial charge < -0.3 is 5.32 Å². The van der Waals surface area contributed by atoms with E-state index in [2.05, 4.69) is 10.3 Å². The van der Waals surface area contributed by atoms with Gasteiger partial charge in [-0.15, -0.1) is 0 Å². The third-order valence-electron chi connectivity index (χ3n) is 2.93. The van der Waals surface area contributed by atoms with Crippen LogP contribution in [0.15, 0.2) is 36.7 Å². The Labute approximate surface area is 134 Å². The number of aromatic nitrogens is 1. The highest BCUT2D eigenvalue weighted by atomic mass is 35.5. The van der Waals surface area contributed by atoms with Crippen molar-refractivity contribution in [3.63, 3.8) is 0 Å². The fraction of sp³-hybridized carbons (Fsp3) is 0.250. The number of carbonyl (C=O) groups is 1. The van der Waals surface area contributed by atoms with Crippen LogP contribution in [0.2, 0.25) is 10.0 Å². The number of nitrogens with zero attached hydrogens (tertiary/aromatic N) is 1. The molecule has 0 radical (unpaired) electrons. The number of benzene rings is 1. The molecule has 0 unspecified atom stereocenters. The zero-order chi connectivity index (χ0) is 15.4. The Morgan fingerprint density at radius 1 is 1.29 bits per heavy atom. The maximum Gasteiger partial charge on any atom is 0.252 e. The van der Waals surface area contributed by atoms with E-state index >= 15 is 0 Å². The molecule has 0 atom stereocenters. The standard InChI is InChI=1S/C16H16Cl2N2O/c1-10(2)7-20-16(21)12-6-11(8-19-9-12)13-4-3-5-14(17)15(13)18/h3-6,8-10H,7H2,1-2H3,(H,20,21). The summed E-state index contributed by atoms with van der Waals surface area (Å²) < 4.78 is 0. The summed E-state index contributed by atoms with van der Waals surface area (Å²) in [6, 6.07) is 7.15. The molecule has 0 bridgehead atoms. The van der Waals surface area contributed by atoms with E-state index in [9.17, 15) is 4.79 Å². The van der Waals surface area contributed by atoms with Crippen molar-refractivity contribution in [2.24, 2.45) is 5.92 Å². The molecule has 0 spiro atoms. The third-order valence-corrected chi connectivity index (χ3v) is 3.75. The average Bonchev–Trinajstić information content (AvgIpc) is 2.47. The van der Waals surface area contributed by atoms with Crippen molar-refractivity contribution in [2.45, 2.75) is 13.8 Å². The molecule has 110 valence electrons. The summed E-state index contributed by atoms with van der Waals surface area (Å²) in [5, 5.41) is 3.80. The Bertz CT molecular complexity index is 656. The van der Waals surface area contributed by atoms with Crippen LogP contribution < -0.4 is 5.32 Å². The van der Waals surface area contributed by atoms with Gasteiger partial charge in [-0.25, -0.2) is 0 Å². The van der Waals surface area contributed by atoms with Crippen molar-refractivity contribution in [1.29, 1.82) is 0 Å². The Hall–Kier alpha value is -1.58. The molecule has 0 aliphatic rings. The minimum atomic E-state index is -0.142. The second-order valence-electron chi connectivity index (χ2n) is 5.17. The molecule has 1 N–H and O–H groups in total. The van der Waals surface area contributed by atoms with Crippen LogP contribution in [0.5, 0.6) is 0 Å². The average molecular weight is 323 g/mol. The van der Waals surface area contributed by atoms with E-state index < -0.39 is 0 Å². The molecule has 0 saturated carbocycles. The Balaban J connectivity index is 2.29. The number of nitrogens with one attached hydrogen (secondary N) is 1. The molecule has 21 heavy (non-hydrogen) atoms. The number of amides is 1. The molecule has 0 aliphatic heterocycles. The normalized spacial score (nSPS) is 10.7. The molecule has 2 rings (SSSR count). The highest BCUT2D eigenvalue weighted by Gasteiger charge is 2.11. The van der Waals surface area contributed by atoms with E-state index in [0.717, 1.165) is 11.1 Å². The zero-order valence-electron chi connectivity index (χ0n) is 11.9. The zero-order valence-corrected chi connectivity index (χ0v) is 13.4. The Morgan fingerprint density at radius 3 is 2.76 bits per heavy atom. The quantitative estimate of drug-likeness (QED) is 0.904. The number of rotatable bonds is 4. The van der Waals surface area contributed by atoms with Crippen molar-refractivity contribution in [1.82, 2.24) is 10.3 Å². The van der Waals surface area contributed by atoms with Crippen LogP contribution in [-0.4, -0.2) is 17.4 Å². The van der Waals surface area contributed by atoms with Crippen molar-refractivity contribution < 1.29 is 4.79 Å². The van der Waals surface area contributed by atoms with Crippen LogP contribution in [-0.2, 0) is 0 Å². The van der Waals surface area contributed by atoms with Gasteiger partial charge in [0.15, 0.2) is 0 Å². The van der Waals surface area contributed by atoms with Gasteiger partial charge in [-0.3, -0.25) is 9.78 Å². The van der Waals surface area contributed by atoms with Crippen molar-refractivity contribution >= 4 is 29.1 Å². The monoisotopic (exact) mass is 322 g/mol. The molecule has 3 nitrogen and oxygen atoms in total. The van der Waals surface area contributed by atoms with Crippen LogP contribution in [0.1, 0.15) is 24.2 Å². The number of halogens is 2. The molecule has 0 fully saturated rings. The molecule has 1 aromatic heterocycles. The molecular weight excluding hydrogens is 307 g/mol. The summed E-state index contributed by atoms with van der Waals surface area (Å²) in [7, 11) is 0. The first-order valence-corrected chi connectivity index (χ1v) is 7.42. The van der Waals surface area contributed by atoms with Gasteiger partial charge in [0.2, 0.25) is 0 Å². The predicted molar refractivity (Wildman–Crippen MR) is 86.9 cm³/mol. The van der Waals surface area contributed by atoms with Crippen LogP contribution in [0.4, 0.5) is 0 Å². The van der Waals surface area contributed by atoms with Crippen LogP contribution in [0, 0.1) is 5.92 Å². The molecule has 1 amide bonds. The van der Waals surface area contributed by atoms with E-state index in [1.807, 2.05) is 26.0 Å². The summed E-state index contributed by atoms with van der Waals surface area (Å²) >= 11 is 12.2. The fourth-order valence-corrected chi connectivity index (χ4v) is 2.25. The topological polar surface area (TPSA) is 42.0 Å². The lowest BCUT2D eigenvalue weighted by Gasteiger charge is -2.09. The number of carbonyl (C=O) groups excluding carboxylic acids is 1. The molecule has 1 heterocycles. The largest absolute Gasteiger partial charge is 0.352 e. The maximum absolute atomic E-state index is 12.1. The van der Waals surface area contributed by atoms with Gasteiger partial charge in [0.1, 0.15) is 0 Å². The Morgan fingerprint density at radius 2 is 2.05 bits per heavy atom. The molecule has 1 aromatic carbocycles. The van der Waals surface area contributed by atoms with Crippen LogP contribution in [0.3, 0.4) is 0 Å². The van der Waals surface area contributed by atoms with Crippen LogP contribution >= 0.6 is 23.2 Å². The van der Waals surface area contributed by atoms with Crippen molar-refractivity contribution in [3.8, 4) is 11.1 Å². The minimum Gasteiger partial charge on any atom is -0.352 e. The van der Waals surface area contributed by atoms with Gasteiger partial charge in [-0.2, -0.15) is 0 Å². The highest BCUT2D eigenvalue weighted by molar-refractivity contribution is 6.43. The number of hydrogen-bond acceptors (Lipinski definition) is 2. The summed E-state index contributed by atoms with van der Waals surface area (Å²) in [5.74, 6) is 0.253. The molecular formula is C16H16Cl2N2O. The number of hydrogen-bond donors (Lipinski definition) is 1. The summed E-state index contributed by atoms with van der Waals surface area (Å²) in [6.45, 7) is 4.71. The fourth-order valence-electron chi connectivity index (χ4n) is 1.84. The highest BCUT2D eigenvalue weighted by Crippen LogP contribution is 2.33. The van der Waals surface area contributed by atoms with E-state index in [1.165, 1.54) is 6.20 Å². The van der Waals surface area contributed by atoms with E-state index in [1.54, 1.807) is 18.3 Å². The van der Waals surface area contributed by atoms with E-state index in [-0.39, 0.29) is 5.91 Å². The van der Waals surface area contributed by atoms with Crippen molar-refractivity contribution in [2.75, 3.05) is 6.54 Å². The molecule has 2 aromatic rings. The van der Waals surface area contributed by atoms with Gasteiger partial charge >= 0.3 is 0 Å². The third kappa shape index (κ3) is 3.96. The minimum absolute atomic E-state index is 0.142. The van der Waals surface area contributed by atoms with Gasteiger partial charge in [-0.1, -0.05) is 49.2 Å². The molecule has 0 saturated heterocycles. The predicted octanol–water partition coefficient (Wildman–Crippen LogP) is 4.44. The lowest BCUT2D eigenvalue weighted by molar-refractivity contribution is 0.0948.